The van der Waals surface area contributed by atoms with Crippen molar-refractivity contribution in [3.63, 3.8) is 0 Å². The molecule has 1 aliphatic heterocycles. The first-order valence-electron chi connectivity index (χ1n) is 8.33. The van der Waals surface area contributed by atoms with Crippen molar-refractivity contribution in [1.82, 2.24) is 20.0 Å². The molecule has 1 atom stereocenters. The van der Waals surface area contributed by atoms with Gasteiger partial charge in [-0.25, -0.2) is 0 Å². The Morgan fingerprint density at radius 1 is 1.33 bits per heavy atom. The SMILES string of the molecule is CCCNCC1CCCCN1Cc1c(Br)c(C)nn1CC. The number of nitrogens with zero attached hydrogens (tertiary/aromatic N) is 3. The molecule has 0 bridgehead atoms. The monoisotopic (exact) mass is 356 g/mol. The van der Waals surface area contributed by atoms with Crippen LogP contribution in [-0.4, -0.2) is 40.4 Å². The number of hydrogen-bond acceptors (Lipinski definition) is 3. The van der Waals surface area contributed by atoms with Crippen molar-refractivity contribution in [1.29, 1.82) is 0 Å². The summed E-state index contributed by atoms with van der Waals surface area (Å²) in [6.07, 6.45) is 5.21. The molecule has 21 heavy (non-hydrogen) atoms. The number of rotatable bonds is 7. The summed E-state index contributed by atoms with van der Waals surface area (Å²) in [4.78, 5) is 2.64. The summed E-state index contributed by atoms with van der Waals surface area (Å²) in [5, 5.41) is 8.22. The highest BCUT2D eigenvalue weighted by molar-refractivity contribution is 9.10. The second-order valence-corrected chi connectivity index (χ2v) is 6.78. The van der Waals surface area contributed by atoms with Crippen molar-refractivity contribution in [3.05, 3.63) is 15.9 Å². The van der Waals surface area contributed by atoms with Crippen molar-refractivity contribution in [2.75, 3.05) is 19.6 Å². The van der Waals surface area contributed by atoms with Crippen LogP contribution >= 0.6 is 15.9 Å². The smallest absolute Gasteiger partial charge is 0.0739 e. The molecule has 4 nitrogen and oxygen atoms in total. The molecular formula is C16H29BrN4. The second-order valence-electron chi connectivity index (χ2n) is 5.99. The first-order chi connectivity index (χ1) is 10.2. The maximum atomic E-state index is 4.62. The highest BCUT2D eigenvalue weighted by Crippen LogP contribution is 2.25. The minimum absolute atomic E-state index is 0.665. The van der Waals surface area contributed by atoms with Crippen LogP contribution in [0.2, 0.25) is 0 Å². The number of hydrogen-bond donors (Lipinski definition) is 1. The summed E-state index contributed by atoms with van der Waals surface area (Å²) in [7, 11) is 0. The van der Waals surface area contributed by atoms with Gasteiger partial charge in [-0.05, 0) is 62.1 Å². The summed E-state index contributed by atoms with van der Waals surface area (Å²) in [6, 6.07) is 0.665. The highest BCUT2D eigenvalue weighted by atomic mass is 79.9. The zero-order chi connectivity index (χ0) is 15.2. The fraction of sp³-hybridized carbons (Fsp3) is 0.812. The molecule has 120 valence electrons. The van der Waals surface area contributed by atoms with Crippen LogP contribution < -0.4 is 5.32 Å². The number of likely N-dealkylation sites (tertiary alicyclic amines) is 1. The lowest BCUT2D eigenvalue weighted by molar-refractivity contribution is 0.133. The van der Waals surface area contributed by atoms with E-state index >= 15 is 0 Å². The second kappa shape index (κ2) is 8.30. The molecule has 1 aliphatic rings. The van der Waals surface area contributed by atoms with E-state index in [0.29, 0.717) is 6.04 Å². The Labute approximate surface area is 137 Å². The minimum Gasteiger partial charge on any atom is -0.315 e. The van der Waals surface area contributed by atoms with Crippen LogP contribution in [0.25, 0.3) is 0 Å². The fourth-order valence-electron chi connectivity index (χ4n) is 3.16. The third-order valence-corrected chi connectivity index (χ3v) is 5.39. The van der Waals surface area contributed by atoms with Crippen LogP contribution in [0.3, 0.4) is 0 Å². The summed E-state index contributed by atoms with van der Waals surface area (Å²) in [6.45, 7) is 11.9. The van der Waals surface area contributed by atoms with Gasteiger partial charge in [0, 0.05) is 25.7 Å². The van der Waals surface area contributed by atoms with E-state index in [1.165, 1.54) is 42.4 Å². The first kappa shape index (κ1) is 17.0. The van der Waals surface area contributed by atoms with E-state index in [1.54, 1.807) is 0 Å². The van der Waals surface area contributed by atoms with Gasteiger partial charge in [0.2, 0.25) is 0 Å². The van der Waals surface area contributed by atoms with Gasteiger partial charge < -0.3 is 5.32 Å². The van der Waals surface area contributed by atoms with E-state index < -0.39 is 0 Å². The van der Waals surface area contributed by atoms with Crippen LogP contribution in [0.5, 0.6) is 0 Å². The Bertz CT molecular complexity index is 444. The van der Waals surface area contributed by atoms with Gasteiger partial charge in [-0.15, -0.1) is 0 Å². The molecular weight excluding hydrogens is 328 g/mol. The number of aromatic nitrogens is 2. The van der Waals surface area contributed by atoms with E-state index in [9.17, 15) is 0 Å². The third-order valence-electron chi connectivity index (χ3n) is 4.36. The van der Waals surface area contributed by atoms with Crippen molar-refractivity contribution in [3.8, 4) is 0 Å². The van der Waals surface area contributed by atoms with E-state index in [2.05, 4.69) is 56.7 Å². The largest absolute Gasteiger partial charge is 0.315 e. The van der Waals surface area contributed by atoms with Gasteiger partial charge in [0.1, 0.15) is 0 Å². The molecule has 0 radical (unpaired) electrons. The summed E-state index contributed by atoms with van der Waals surface area (Å²) < 4.78 is 3.33. The molecule has 5 heteroatoms. The zero-order valence-electron chi connectivity index (χ0n) is 13.7. The van der Waals surface area contributed by atoms with E-state index in [4.69, 9.17) is 0 Å². The average Bonchev–Trinajstić information content (AvgIpc) is 2.77. The molecule has 1 unspecified atom stereocenters. The number of piperidine rings is 1. The summed E-state index contributed by atoms with van der Waals surface area (Å²) in [5.74, 6) is 0. The fourth-order valence-corrected chi connectivity index (χ4v) is 3.57. The van der Waals surface area contributed by atoms with Gasteiger partial charge in [-0.2, -0.15) is 5.10 Å². The molecule has 0 saturated carbocycles. The van der Waals surface area contributed by atoms with Gasteiger partial charge in [-0.1, -0.05) is 13.3 Å². The Hall–Kier alpha value is -0.390. The van der Waals surface area contributed by atoms with E-state index in [0.717, 1.165) is 31.9 Å². The molecule has 2 heterocycles. The van der Waals surface area contributed by atoms with Gasteiger partial charge in [0.05, 0.1) is 15.9 Å². The van der Waals surface area contributed by atoms with E-state index in [1.807, 2.05) is 0 Å². The lowest BCUT2D eigenvalue weighted by Crippen LogP contribution is -2.45. The standard InChI is InChI=1S/C16H29BrN4/c1-4-9-18-11-14-8-6-7-10-20(14)12-15-16(17)13(3)19-21(15)5-2/h14,18H,4-12H2,1-3H3. The van der Waals surface area contributed by atoms with Crippen molar-refractivity contribution in [2.24, 2.45) is 0 Å². The molecule has 1 saturated heterocycles. The van der Waals surface area contributed by atoms with Gasteiger partial charge in [0.25, 0.3) is 0 Å². The normalized spacial score (nSPS) is 20.1. The third kappa shape index (κ3) is 4.30. The topological polar surface area (TPSA) is 33.1 Å². The van der Waals surface area contributed by atoms with Gasteiger partial charge >= 0.3 is 0 Å². The quantitative estimate of drug-likeness (QED) is 0.760. The van der Waals surface area contributed by atoms with Crippen molar-refractivity contribution < 1.29 is 0 Å². The maximum Gasteiger partial charge on any atom is 0.0739 e. The number of halogens is 1. The van der Waals surface area contributed by atoms with Crippen LogP contribution in [0, 0.1) is 6.92 Å². The lowest BCUT2D eigenvalue weighted by atomic mass is 10.0. The maximum absolute atomic E-state index is 4.62. The van der Waals surface area contributed by atoms with Crippen molar-refractivity contribution >= 4 is 15.9 Å². The Morgan fingerprint density at radius 3 is 2.86 bits per heavy atom. The molecule has 0 spiro atoms. The lowest BCUT2D eigenvalue weighted by Gasteiger charge is -2.36. The van der Waals surface area contributed by atoms with Crippen LogP contribution in [0.4, 0.5) is 0 Å². The molecule has 0 aliphatic carbocycles. The van der Waals surface area contributed by atoms with E-state index in [-0.39, 0.29) is 0 Å². The number of nitrogens with one attached hydrogen (secondary N) is 1. The minimum atomic E-state index is 0.665. The Morgan fingerprint density at radius 2 is 2.14 bits per heavy atom. The average molecular weight is 357 g/mol. The molecule has 0 amide bonds. The molecule has 1 aromatic rings. The molecule has 1 N–H and O–H groups in total. The molecule has 0 aromatic carbocycles. The predicted octanol–water partition coefficient (Wildman–Crippen LogP) is 3.33. The van der Waals surface area contributed by atoms with Crippen LogP contribution in [0.1, 0.15) is 50.9 Å². The summed E-state index contributed by atoms with van der Waals surface area (Å²) >= 11 is 3.73. The Kier molecular flexibility index (Phi) is 6.71. The first-order valence-corrected chi connectivity index (χ1v) is 9.13. The van der Waals surface area contributed by atoms with Crippen LogP contribution in [-0.2, 0) is 13.1 Å². The van der Waals surface area contributed by atoms with Gasteiger partial charge in [-0.3, -0.25) is 9.58 Å². The van der Waals surface area contributed by atoms with Crippen molar-refractivity contribution in [2.45, 2.75) is 65.6 Å². The van der Waals surface area contributed by atoms with Gasteiger partial charge in [0.15, 0.2) is 0 Å². The zero-order valence-corrected chi connectivity index (χ0v) is 15.2. The summed E-state index contributed by atoms with van der Waals surface area (Å²) in [5.41, 5.74) is 2.43. The molecule has 1 fully saturated rings. The Balaban J connectivity index is 2.04. The van der Waals surface area contributed by atoms with Crippen LogP contribution in [0.15, 0.2) is 4.47 Å². The highest BCUT2D eigenvalue weighted by Gasteiger charge is 2.24. The molecule has 2 rings (SSSR count). The number of aryl methyl sites for hydroxylation is 2. The molecule has 1 aromatic heterocycles. The predicted molar refractivity (Wildman–Crippen MR) is 91.5 cm³/mol.